The van der Waals surface area contributed by atoms with Crippen LogP contribution in [0.2, 0.25) is 0 Å². The lowest BCUT2D eigenvalue weighted by Crippen LogP contribution is -2.01. The van der Waals surface area contributed by atoms with Gasteiger partial charge in [0.1, 0.15) is 11.6 Å². The van der Waals surface area contributed by atoms with Gasteiger partial charge in [0.25, 0.3) is 0 Å². The van der Waals surface area contributed by atoms with Crippen LogP contribution in [0.25, 0.3) is 0 Å². The van der Waals surface area contributed by atoms with E-state index in [2.05, 4.69) is 5.10 Å². The molecule has 0 spiro atoms. The van der Waals surface area contributed by atoms with Gasteiger partial charge in [-0.3, -0.25) is 4.68 Å². The first-order valence-corrected chi connectivity index (χ1v) is 4.74. The number of rotatable bonds is 3. The number of hydrogen-bond donors (Lipinski definition) is 1. The molecule has 1 heterocycles. The van der Waals surface area contributed by atoms with Gasteiger partial charge in [0, 0.05) is 17.8 Å². The van der Waals surface area contributed by atoms with Crippen molar-refractivity contribution >= 4 is 0 Å². The van der Waals surface area contributed by atoms with Crippen LogP contribution in [-0.2, 0) is 13.2 Å². The fourth-order valence-electron chi connectivity index (χ4n) is 1.46. The van der Waals surface area contributed by atoms with Gasteiger partial charge in [-0.1, -0.05) is 0 Å². The van der Waals surface area contributed by atoms with Gasteiger partial charge in [0.05, 0.1) is 19.3 Å². The molecule has 1 aromatic heterocycles. The fourth-order valence-corrected chi connectivity index (χ4v) is 1.46. The third kappa shape index (κ3) is 2.43. The van der Waals surface area contributed by atoms with E-state index in [1.165, 1.54) is 23.0 Å². The van der Waals surface area contributed by atoms with Gasteiger partial charge in [0.15, 0.2) is 0 Å². The highest BCUT2D eigenvalue weighted by Crippen LogP contribution is 2.09. The van der Waals surface area contributed by atoms with Crippen LogP contribution in [0.5, 0.6) is 0 Å². The van der Waals surface area contributed by atoms with E-state index in [0.29, 0.717) is 11.1 Å². The molecule has 0 fully saturated rings. The van der Waals surface area contributed by atoms with Crippen molar-refractivity contribution in [2.24, 2.45) is 0 Å². The Labute approximate surface area is 91.0 Å². The predicted molar refractivity (Wildman–Crippen MR) is 53.6 cm³/mol. The molecule has 0 aliphatic rings. The molecular formula is C11H10F2N2O. The normalized spacial score (nSPS) is 10.7. The van der Waals surface area contributed by atoms with Crippen molar-refractivity contribution < 1.29 is 13.9 Å². The topological polar surface area (TPSA) is 38.1 Å². The molecule has 1 aromatic carbocycles. The fraction of sp³-hybridized carbons (Fsp3) is 0.182. The van der Waals surface area contributed by atoms with E-state index in [0.717, 1.165) is 6.07 Å². The van der Waals surface area contributed by atoms with Crippen LogP contribution in [0.1, 0.15) is 11.1 Å². The molecule has 5 heteroatoms. The minimum Gasteiger partial charge on any atom is -0.392 e. The van der Waals surface area contributed by atoms with Gasteiger partial charge in [-0.05, 0) is 17.7 Å². The highest BCUT2D eigenvalue weighted by molar-refractivity contribution is 5.18. The smallest absolute Gasteiger partial charge is 0.126 e. The molecule has 16 heavy (non-hydrogen) atoms. The Balaban J connectivity index is 2.19. The minimum absolute atomic E-state index is 0.0997. The van der Waals surface area contributed by atoms with Crippen LogP contribution >= 0.6 is 0 Å². The van der Waals surface area contributed by atoms with E-state index < -0.39 is 11.6 Å². The first kappa shape index (κ1) is 10.8. The Morgan fingerprint density at radius 3 is 2.38 bits per heavy atom. The maximum atomic E-state index is 12.9. The Bertz CT molecular complexity index is 476. The Morgan fingerprint density at radius 1 is 1.12 bits per heavy atom. The summed E-state index contributed by atoms with van der Waals surface area (Å²) in [5.41, 5.74) is 1.15. The predicted octanol–water partition coefficient (Wildman–Crippen LogP) is 1.70. The number of hydrogen-bond acceptors (Lipinski definition) is 2. The molecule has 0 aliphatic carbocycles. The summed E-state index contributed by atoms with van der Waals surface area (Å²) >= 11 is 0. The third-order valence-electron chi connectivity index (χ3n) is 2.14. The molecule has 0 saturated heterocycles. The zero-order chi connectivity index (χ0) is 11.5. The molecule has 0 saturated carbocycles. The van der Waals surface area contributed by atoms with Crippen LogP contribution in [0, 0.1) is 11.6 Å². The van der Waals surface area contributed by atoms with Crippen LogP contribution in [0.3, 0.4) is 0 Å². The number of aliphatic hydroxyl groups excluding tert-OH is 1. The van der Waals surface area contributed by atoms with Crippen molar-refractivity contribution in [2.75, 3.05) is 0 Å². The lowest BCUT2D eigenvalue weighted by Gasteiger charge is -2.02. The molecule has 0 unspecified atom stereocenters. The molecular weight excluding hydrogens is 214 g/mol. The number of aliphatic hydroxyl groups is 1. The zero-order valence-corrected chi connectivity index (χ0v) is 8.40. The summed E-state index contributed by atoms with van der Waals surface area (Å²) in [6.45, 7) is 0.173. The lowest BCUT2D eigenvalue weighted by molar-refractivity contribution is 0.281. The van der Waals surface area contributed by atoms with Crippen LogP contribution < -0.4 is 0 Å². The summed E-state index contributed by atoms with van der Waals surface area (Å²) in [7, 11) is 0. The summed E-state index contributed by atoms with van der Waals surface area (Å²) in [4.78, 5) is 0. The van der Waals surface area contributed by atoms with Crippen LogP contribution in [-0.4, -0.2) is 14.9 Å². The van der Waals surface area contributed by atoms with E-state index in [9.17, 15) is 8.78 Å². The number of nitrogens with zero attached hydrogens (tertiary/aromatic N) is 2. The number of halogens is 2. The van der Waals surface area contributed by atoms with Crippen molar-refractivity contribution in [3.63, 3.8) is 0 Å². The van der Waals surface area contributed by atoms with Gasteiger partial charge in [0.2, 0.25) is 0 Å². The molecule has 0 amide bonds. The molecule has 0 radical (unpaired) electrons. The van der Waals surface area contributed by atoms with Gasteiger partial charge in [-0.15, -0.1) is 0 Å². The molecule has 0 atom stereocenters. The lowest BCUT2D eigenvalue weighted by atomic mass is 10.2. The zero-order valence-electron chi connectivity index (χ0n) is 8.40. The second-order valence-electron chi connectivity index (χ2n) is 3.48. The standard InChI is InChI=1S/C11H10F2N2O/c12-10-1-8(2-11(13)3-10)5-15-6-9(7-16)4-14-15/h1-4,6,16H,5,7H2. The SMILES string of the molecule is OCc1cnn(Cc2cc(F)cc(F)c2)c1. The van der Waals surface area contributed by atoms with Crippen molar-refractivity contribution in [3.05, 3.63) is 53.4 Å². The van der Waals surface area contributed by atoms with Crippen molar-refractivity contribution in [3.8, 4) is 0 Å². The minimum atomic E-state index is -0.607. The monoisotopic (exact) mass is 224 g/mol. The maximum absolute atomic E-state index is 12.9. The number of aromatic nitrogens is 2. The van der Waals surface area contributed by atoms with Gasteiger partial charge >= 0.3 is 0 Å². The van der Waals surface area contributed by atoms with Gasteiger partial charge < -0.3 is 5.11 Å². The van der Waals surface area contributed by atoms with Crippen molar-refractivity contribution in [1.29, 1.82) is 0 Å². The quantitative estimate of drug-likeness (QED) is 0.861. The second kappa shape index (κ2) is 4.40. The van der Waals surface area contributed by atoms with E-state index in [4.69, 9.17) is 5.11 Å². The molecule has 84 valence electrons. The Hall–Kier alpha value is -1.75. The van der Waals surface area contributed by atoms with Crippen LogP contribution in [0.4, 0.5) is 8.78 Å². The average Bonchev–Trinajstić information content (AvgIpc) is 2.64. The maximum Gasteiger partial charge on any atom is 0.126 e. The Kier molecular flexibility index (Phi) is 2.96. The van der Waals surface area contributed by atoms with E-state index >= 15 is 0 Å². The van der Waals surface area contributed by atoms with E-state index in [1.54, 1.807) is 6.20 Å². The summed E-state index contributed by atoms with van der Waals surface area (Å²) in [6.07, 6.45) is 3.14. The first-order chi connectivity index (χ1) is 7.67. The number of benzene rings is 1. The average molecular weight is 224 g/mol. The molecule has 2 aromatic rings. The summed E-state index contributed by atoms with van der Waals surface area (Å²) < 4.78 is 27.3. The molecule has 3 nitrogen and oxygen atoms in total. The molecule has 2 rings (SSSR count). The molecule has 1 N–H and O–H groups in total. The van der Waals surface area contributed by atoms with Crippen molar-refractivity contribution in [2.45, 2.75) is 13.2 Å². The van der Waals surface area contributed by atoms with Gasteiger partial charge in [-0.2, -0.15) is 5.10 Å². The highest BCUT2D eigenvalue weighted by atomic mass is 19.1. The van der Waals surface area contributed by atoms with Gasteiger partial charge in [-0.25, -0.2) is 8.78 Å². The van der Waals surface area contributed by atoms with E-state index in [-0.39, 0.29) is 13.2 Å². The summed E-state index contributed by atoms with van der Waals surface area (Å²) in [5.74, 6) is -1.21. The van der Waals surface area contributed by atoms with E-state index in [1.807, 2.05) is 0 Å². The summed E-state index contributed by atoms with van der Waals surface area (Å²) in [6, 6.07) is 3.33. The van der Waals surface area contributed by atoms with Crippen LogP contribution in [0.15, 0.2) is 30.6 Å². The third-order valence-corrected chi connectivity index (χ3v) is 2.14. The summed E-state index contributed by atoms with van der Waals surface area (Å²) in [5, 5.41) is 12.8. The largest absolute Gasteiger partial charge is 0.392 e. The molecule has 0 bridgehead atoms. The van der Waals surface area contributed by atoms with Crippen molar-refractivity contribution in [1.82, 2.24) is 9.78 Å². The molecule has 0 aliphatic heterocycles. The first-order valence-electron chi connectivity index (χ1n) is 4.74. The second-order valence-corrected chi connectivity index (χ2v) is 3.48. The highest BCUT2D eigenvalue weighted by Gasteiger charge is 2.03. The Morgan fingerprint density at radius 2 is 1.81 bits per heavy atom.